The van der Waals surface area contributed by atoms with E-state index < -0.39 is 5.60 Å². The molecule has 1 saturated heterocycles. The van der Waals surface area contributed by atoms with Crippen LogP contribution < -0.4 is 22.5 Å². The maximum absolute atomic E-state index is 12.5. The summed E-state index contributed by atoms with van der Waals surface area (Å²) >= 11 is 0. The van der Waals surface area contributed by atoms with Gasteiger partial charge in [-0.25, -0.2) is 9.79 Å². The number of anilines is 1. The molecule has 0 spiro atoms. The van der Waals surface area contributed by atoms with Crippen molar-refractivity contribution >= 4 is 29.4 Å². The van der Waals surface area contributed by atoms with Gasteiger partial charge in [-0.15, -0.1) is 0 Å². The van der Waals surface area contributed by atoms with Crippen molar-refractivity contribution in [1.29, 1.82) is 0 Å². The molecule has 1 atom stereocenters. The minimum atomic E-state index is -0.497. The quantitative estimate of drug-likeness (QED) is 0.458. The summed E-state index contributed by atoms with van der Waals surface area (Å²) in [4.78, 5) is 22.1. The van der Waals surface area contributed by atoms with Crippen LogP contribution in [0.2, 0.25) is 0 Å². The summed E-state index contributed by atoms with van der Waals surface area (Å²) in [6.07, 6.45) is 2.80. The van der Waals surface area contributed by atoms with Crippen molar-refractivity contribution in [2.75, 3.05) is 18.4 Å². The summed E-state index contributed by atoms with van der Waals surface area (Å²) < 4.78 is 5.54. The smallest absolute Gasteiger partial charge is 0.410 e. The number of piperidine rings is 1. The molecule has 1 unspecified atom stereocenters. The van der Waals surface area contributed by atoms with Gasteiger partial charge in [-0.1, -0.05) is 0 Å². The zero-order chi connectivity index (χ0) is 20.7. The summed E-state index contributed by atoms with van der Waals surface area (Å²) in [7, 11) is 0. The highest BCUT2D eigenvalue weighted by Gasteiger charge is 2.30. The van der Waals surface area contributed by atoms with Gasteiger partial charge in [-0.05, 0) is 64.3 Å². The molecule has 28 heavy (non-hydrogen) atoms. The lowest BCUT2D eigenvalue weighted by Gasteiger charge is -2.37. The van der Waals surface area contributed by atoms with Crippen LogP contribution in [0.15, 0.2) is 34.3 Å². The molecule has 2 rings (SSSR count). The van der Waals surface area contributed by atoms with Gasteiger partial charge in [0.1, 0.15) is 5.60 Å². The van der Waals surface area contributed by atoms with Gasteiger partial charge in [0.25, 0.3) is 0 Å². The number of rotatable bonds is 4. The first-order valence-corrected chi connectivity index (χ1v) is 9.41. The van der Waals surface area contributed by atoms with Gasteiger partial charge in [0, 0.05) is 18.8 Å². The molecule has 1 amide bonds. The lowest BCUT2D eigenvalue weighted by Crippen LogP contribution is -2.48. The lowest BCUT2D eigenvalue weighted by molar-refractivity contribution is 0.0114. The standard InChI is InChI=1S/C19H31N7O2/c1-19(2,3)28-18(27)26-11-5-4-6-15(26)12-23-13-7-9-14(10-8-13)24-17(22)25-16(20)21/h7-10,15,23H,4-6,11-12H2,1-3H3,(H6,20,21,22,24,25). The van der Waals surface area contributed by atoms with Crippen molar-refractivity contribution in [2.45, 2.75) is 51.7 Å². The largest absolute Gasteiger partial charge is 0.444 e. The fourth-order valence-corrected chi connectivity index (χ4v) is 2.95. The molecule has 0 bridgehead atoms. The van der Waals surface area contributed by atoms with Crippen LogP contribution in [0, 0.1) is 0 Å². The van der Waals surface area contributed by atoms with Crippen LogP contribution in [-0.4, -0.2) is 47.6 Å². The second-order valence-corrected chi connectivity index (χ2v) is 7.76. The third-order valence-corrected chi connectivity index (χ3v) is 4.15. The lowest BCUT2D eigenvalue weighted by atomic mass is 10.0. The van der Waals surface area contributed by atoms with Crippen molar-refractivity contribution in [3.05, 3.63) is 24.3 Å². The van der Waals surface area contributed by atoms with Crippen LogP contribution in [0.1, 0.15) is 40.0 Å². The van der Waals surface area contributed by atoms with Crippen LogP contribution in [-0.2, 0) is 4.74 Å². The summed E-state index contributed by atoms with van der Waals surface area (Å²) in [5.74, 6) is -0.141. The van der Waals surface area contributed by atoms with E-state index in [1.165, 1.54) is 0 Å². The normalized spacial score (nSPS) is 17.8. The van der Waals surface area contributed by atoms with E-state index >= 15 is 0 Å². The number of carbonyl (C=O) groups is 1. The predicted octanol–water partition coefficient (Wildman–Crippen LogP) is 2.11. The summed E-state index contributed by atoms with van der Waals surface area (Å²) in [5.41, 5.74) is 17.2. The van der Waals surface area contributed by atoms with Gasteiger partial charge in [0.15, 0.2) is 5.96 Å². The Kier molecular flexibility index (Phi) is 7.08. The van der Waals surface area contributed by atoms with Crippen molar-refractivity contribution in [3.8, 4) is 0 Å². The number of nitrogens with one attached hydrogen (secondary N) is 1. The molecule has 7 N–H and O–H groups in total. The molecule has 1 aliphatic heterocycles. The number of likely N-dealkylation sites (tertiary alicyclic amines) is 1. The number of hydrogen-bond acceptors (Lipinski definition) is 4. The molecule has 1 aliphatic rings. The van der Waals surface area contributed by atoms with Crippen LogP contribution in [0.3, 0.4) is 0 Å². The van der Waals surface area contributed by atoms with Gasteiger partial charge < -0.3 is 32.2 Å². The Bertz CT molecular complexity index is 719. The van der Waals surface area contributed by atoms with E-state index in [1.54, 1.807) is 0 Å². The third-order valence-electron chi connectivity index (χ3n) is 4.15. The highest BCUT2D eigenvalue weighted by molar-refractivity contribution is 5.93. The van der Waals surface area contributed by atoms with E-state index in [0.29, 0.717) is 12.2 Å². The number of benzene rings is 1. The summed E-state index contributed by atoms with van der Waals surface area (Å²) in [6.45, 7) is 7.02. The van der Waals surface area contributed by atoms with Gasteiger partial charge in [-0.3, -0.25) is 0 Å². The molecule has 1 aromatic rings. The van der Waals surface area contributed by atoms with Crippen LogP contribution in [0.5, 0.6) is 0 Å². The SMILES string of the molecule is CC(C)(C)OC(=O)N1CCCCC1CNc1ccc(N=C(N)N=C(N)N)cc1. The van der Waals surface area contributed by atoms with E-state index in [2.05, 4.69) is 15.3 Å². The Balaban J connectivity index is 1.96. The first-order chi connectivity index (χ1) is 13.1. The molecular weight excluding hydrogens is 358 g/mol. The van der Waals surface area contributed by atoms with Gasteiger partial charge in [-0.2, -0.15) is 4.99 Å². The third kappa shape index (κ3) is 6.98. The molecule has 0 saturated carbocycles. The van der Waals surface area contributed by atoms with Crippen LogP contribution in [0.25, 0.3) is 0 Å². The van der Waals surface area contributed by atoms with Gasteiger partial charge in [0.05, 0.1) is 11.7 Å². The van der Waals surface area contributed by atoms with Gasteiger partial charge in [0.2, 0.25) is 5.96 Å². The number of nitrogens with two attached hydrogens (primary N) is 3. The molecule has 1 fully saturated rings. The number of aliphatic imine (C=N–C) groups is 2. The molecule has 1 heterocycles. The molecule has 0 aliphatic carbocycles. The number of nitrogens with zero attached hydrogens (tertiary/aromatic N) is 3. The zero-order valence-electron chi connectivity index (χ0n) is 16.8. The van der Waals surface area contributed by atoms with E-state index in [0.717, 1.165) is 31.5 Å². The Hall–Kier alpha value is -2.97. The average molecular weight is 390 g/mol. The van der Waals surface area contributed by atoms with Crippen molar-refractivity contribution in [3.63, 3.8) is 0 Å². The van der Waals surface area contributed by atoms with Crippen molar-refractivity contribution in [2.24, 2.45) is 27.2 Å². The Morgan fingerprint density at radius 3 is 2.50 bits per heavy atom. The molecule has 0 aromatic heterocycles. The van der Waals surface area contributed by atoms with E-state index in [1.807, 2.05) is 49.9 Å². The molecule has 9 heteroatoms. The molecule has 9 nitrogen and oxygen atoms in total. The van der Waals surface area contributed by atoms with E-state index in [9.17, 15) is 4.79 Å². The van der Waals surface area contributed by atoms with Crippen LogP contribution in [0.4, 0.5) is 16.2 Å². The maximum Gasteiger partial charge on any atom is 0.410 e. The molecule has 1 aromatic carbocycles. The Labute approximate surface area is 166 Å². The number of carbonyl (C=O) groups excluding carboxylic acids is 1. The minimum Gasteiger partial charge on any atom is -0.444 e. The summed E-state index contributed by atoms with van der Waals surface area (Å²) in [5, 5.41) is 3.38. The Morgan fingerprint density at radius 1 is 1.21 bits per heavy atom. The molecular formula is C19H31N7O2. The molecule has 154 valence electrons. The van der Waals surface area contributed by atoms with Crippen LogP contribution >= 0.6 is 0 Å². The topological polar surface area (TPSA) is 144 Å². The number of ether oxygens (including phenoxy) is 1. The molecule has 0 radical (unpaired) electrons. The Morgan fingerprint density at radius 2 is 1.89 bits per heavy atom. The number of amides is 1. The first kappa shape index (κ1) is 21.3. The van der Waals surface area contributed by atoms with E-state index in [-0.39, 0.29) is 24.1 Å². The van der Waals surface area contributed by atoms with E-state index in [4.69, 9.17) is 21.9 Å². The fraction of sp³-hybridized carbons (Fsp3) is 0.526. The number of hydrogen-bond donors (Lipinski definition) is 4. The van der Waals surface area contributed by atoms with Crippen molar-refractivity contribution < 1.29 is 9.53 Å². The fourth-order valence-electron chi connectivity index (χ4n) is 2.95. The van der Waals surface area contributed by atoms with Gasteiger partial charge >= 0.3 is 6.09 Å². The monoisotopic (exact) mass is 389 g/mol. The average Bonchev–Trinajstić information content (AvgIpc) is 2.59. The highest BCUT2D eigenvalue weighted by atomic mass is 16.6. The highest BCUT2D eigenvalue weighted by Crippen LogP contribution is 2.22. The maximum atomic E-state index is 12.5. The predicted molar refractivity (Wildman–Crippen MR) is 113 cm³/mol. The van der Waals surface area contributed by atoms with Crippen molar-refractivity contribution in [1.82, 2.24) is 4.90 Å². The second kappa shape index (κ2) is 9.29. The zero-order valence-corrected chi connectivity index (χ0v) is 16.8. The second-order valence-electron chi connectivity index (χ2n) is 7.76. The first-order valence-electron chi connectivity index (χ1n) is 9.41. The summed E-state index contributed by atoms with van der Waals surface area (Å²) in [6, 6.07) is 7.50. The minimum absolute atomic E-state index is 0.00378. The number of guanidine groups is 2.